The van der Waals surface area contributed by atoms with Crippen LogP contribution in [0.3, 0.4) is 0 Å². The highest BCUT2D eigenvalue weighted by molar-refractivity contribution is 7.59. The van der Waals surface area contributed by atoms with Crippen molar-refractivity contribution < 1.29 is 0 Å². The lowest BCUT2D eigenvalue weighted by Gasteiger charge is -0.701. The maximum atomic E-state index is 4.00. The van der Waals surface area contributed by atoms with Gasteiger partial charge in [0, 0.05) is 0 Å². The zero-order chi connectivity index (χ0) is 4.00. The first-order valence-electron chi connectivity index (χ1n) is 0.667. The van der Waals surface area contributed by atoms with Crippen LogP contribution in [0.1, 0.15) is 0 Å². The van der Waals surface area contributed by atoms with Gasteiger partial charge in [0.1, 0.15) is 0 Å². The molecule has 0 aliphatic carbocycles. The molecule has 36 valence electrons. The predicted octanol–water partition coefficient (Wildman–Crippen LogP) is 0.724. The molecule has 0 radical (unpaired) electrons. The van der Waals surface area contributed by atoms with Gasteiger partial charge in [-0.3, -0.25) is 0 Å². The van der Waals surface area contributed by atoms with Crippen molar-refractivity contribution in [2.45, 2.75) is 0 Å². The molecule has 0 N–H and O–H groups in total. The SMILES string of the molecule is C#C.C#C.S.S. The highest BCUT2D eigenvalue weighted by atomic mass is 32.1. The van der Waals surface area contributed by atoms with E-state index < -0.39 is 0 Å². The normalized spacial score (nSPS) is 0.667. The van der Waals surface area contributed by atoms with Crippen molar-refractivity contribution in [1.29, 1.82) is 0 Å². The Hall–Kier alpha value is -0.180. The number of hydrogen-bond donors (Lipinski definition) is 0. The molecule has 0 saturated carbocycles. The molecule has 0 unspecified atom stereocenters. The van der Waals surface area contributed by atoms with Gasteiger partial charge in [0.15, 0.2) is 0 Å². The van der Waals surface area contributed by atoms with Gasteiger partial charge in [-0.15, -0.1) is 25.7 Å². The van der Waals surface area contributed by atoms with E-state index in [0.29, 0.717) is 0 Å². The van der Waals surface area contributed by atoms with E-state index in [-0.39, 0.29) is 27.0 Å². The lowest BCUT2D eigenvalue weighted by molar-refractivity contribution is 3.31. The summed E-state index contributed by atoms with van der Waals surface area (Å²) in [5.41, 5.74) is 0. The quantitative estimate of drug-likeness (QED) is 0.413. The Labute approximate surface area is 53.2 Å². The summed E-state index contributed by atoms with van der Waals surface area (Å²) < 4.78 is 0. The third kappa shape index (κ3) is 938. The van der Waals surface area contributed by atoms with Crippen molar-refractivity contribution in [3.63, 3.8) is 0 Å². The topological polar surface area (TPSA) is 0 Å². The maximum absolute atomic E-state index is 4.00. The molecule has 0 atom stereocenters. The van der Waals surface area contributed by atoms with Crippen LogP contribution in [0.2, 0.25) is 0 Å². The molecule has 0 fully saturated rings. The molecule has 0 amide bonds. The Morgan fingerprint density at radius 1 is 0.500 bits per heavy atom. The van der Waals surface area contributed by atoms with Crippen molar-refractivity contribution >= 4 is 27.0 Å². The Bertz CT molecular complexity index is 21.0. The Morgan fingerprint density at radius 2 is 0.500 bits per heavy atom. The minimum absolute atomic E-state index is 0. The zero-order valence-electron chi connectivity index (χ0n) is 3.31. The highest BCUT2D eigenvalue weighted by Gasteiger charge is 0.456. The molecule has 0 bridgehead atoms. The first-order valence-corrected chi connectivity index (χ1v) is 0.667. The van der Waals surface area contributed by atoms with Gasteiger partial charge in [-0.25, -0.2) is 0 Å². The van der Waals surface area contributed by atoms with Gasteiger partial charge < -0.3 is 0 Å². The first-order chi connectivity index (χ1) is 2.00. The smallest absolute Gasteiger partial charge is 0.124 e. The van der Waals surface area contributed by atoms with Gasteiger partial charge in [0.25, 0.3) is 0 Å². The number of rotatable bonds is 0. The van der Waals surface area contributed by atoms with E-state index >= 15 is 0 Å². The van der Waals surface area contributed by atoms with Gasteiger partial charge in [0.2, 0.25) is 0 Å². The molecule has 0 heterocycles. The average molecular weight is 120 g/mol. The Balaban J connectivity index is -0.00000000500. The lowest BCUT2D eigenvalue weighted by atomic mass is 11.4. The van der Waals surface area contributed by atoms with Crippen LogP contribution in [0.25, 0.3) is 0 Å². The predicted molar refractivity (Wildman–Crippen MR) is 40.5 cm³/mol. The average Bonchev–Trinajstić information content (AvgIpc) is 1.50. The van der Waals surface area contributed by atoms with E-state index in [1.807, 2.05) is 0 Å². The van der Waals surface area contributed by atoms with E-state index in [1.165, 1.54) is 0 Å². The van der Waals surface area contributed by atoms with Crippen molar-refractivity contribution in [1.82, 2.24) is 0 Å². The van der Waals surface area contributed by atoms with Crippen molar-refractivity contribution in [3.05, 3.63) is 0 Å². The van der Waals surface area contributed by atoms with Crippen LogP contribution in [0.4, 0.5) is 0 Å². The van der Waals surface area contributed by atoms with Crippen LogP contribution < -0.4 is 0 Å². The second-order valence-electron chi connectivity index (χ2n) is 0. The molecule has 0 nitrogen and oxygen atoms in total. The largest absolute Gasteiger partial charge is 0.197 e. The molecule has 0 aromatic rings. The summed E-state index contributed by atoms with van der Waals surface area (Å²) in [7, 11) is 0. The van der Waals surface area contributed by atoms with Gasteiger partial charge >= 0.3 is 0 Å². The monoisotopic (exact) mass is 120 g/mol. The fourth-order valence-electron chi connectivity index (χ4n) is 0. The van der Waals surface area contributed by atoms with Crippen LogP contribution in [0, 0.1) is 25.7 Å². The molecule has 6 heavy (non-hydrogen) atoms. The van der Waals surface area contributed by atoms with Gasteiger partial charge in [-0.05, 0) is 0 Å². The minimum Gasteiger partial charge on any atom is -0.197 e. The summed E-state index contributed by atoms with van der Waals surface area (Å²) in [6, 6.07) is 0. The third-order valence-electron chi connectivity index (χ3n) is 0. The molecule has 0 saturated heterocycles. The molecule has 0 aromatic heterocycles. The van der Waals surface area contributed by atoms with Crippen molar-refractivity contribution in [2.75, 3.05) is 0 Å². The zero-order valence-corrected chi connectivity index (χ0v) is 5.31. The van der Waals surface area contributed by atoms with Crippen LogP contribution in [-0.2, 0) is 0 Å². The second kappa shape index (κ2) is 2170. The van der Waals surface area contributed by atoms with Crippen molar-refractivity contribution in [3.8, 4) is 25.7 Å². The minimum atomic E-state index is 0. The second-order valence-corrected chi connectivity index (χ2v) is 0. The summed E-state index contributed by atoms with van der Waals surface area (Å²) in [5, 5.41) is 0. The molecule has 2 heteroatoms. The molecule has 0 aliphatic rings. The molecule has 0 aromatic carbocycles. The van der Waals surface area contributed by atoms with E-state index in [2.05, 4.69) is 25.7 Å². The third-order valence-corrected chi connectivity index (χ3v) is 0. The number of terminal acetylenes is 2. The summed E-state index contributed by atoms with van der Waals surface area (Å²) in [4.78, 5) is 0. The maximum Gasteiger partial charge on any atom is -0.124 e. The van der Waals surface area contributed by atoms with Gasteiger partial charge in [0.05, 0.1) is 0 Å². The fourth-order valence-corrected chi connectivity index (χ4v) is 0. The standard InChI is InChI=1S/2C2H2.2H2S/c2*1-2;;/h2*1-2H;2*1H2. The van der Waals surface area contributed by atoms with Crippen LogP contribution in [0.15, 0.2) is 0 Å². The van der Waals surface area contributed by atoms with Crippen LogP contribution >= 0.6 is 27.0 Å². The van der Waals surface area contributed by atoms with Crippen molar-refractivity contribution in [2.24, 2.45) is 0 Å². The van der Waals surface area contributed by atoms with E-state index in [1.54, 1.807) is 0 Å². The van der Waals surface area contributed by atoms with E-state index in [0.717, 1.165) is 0 Å². The summed E-state index contributed by atoms with van der Waals surface area (Å²) in [6.45, 7) is 0. The Morgan fingerprint density at radius 3 is 0.500 bits per heavy atom. The fraction of sp³-hybridized carbons (Fsp3) is 0. The molecule has 0 rings (SSSR count). The van der Waals surface area contributed by atoms with Crippen LogP contribution in [0.5, 0.6) is 0 Å². The Kier molecular flexibility index (Phi) is 14800. The van der Waals surface area contributed by atoms with E-state index in [9.17, 15) is 0 Å². The molecular weight excluding hydrogens is 112 g/mol. The number of hydrogen-bond acceptors (Lipinski definition) is 0. The molecular formula is C4H8S2. The van der Waals surface area contributed by atoms with E-state index in [4.69, 9.17) is 0 Å². The summed E-state index contributed by atoms with van der Waals surface area (Å²) in [6.07, 6.45) is 16.0. The first kappa shape index (κ1) is 40.8. The van der Waals surface area contributed by atoms with Crippen LogP contribution in [-0.4, -0.2) is 0 Å². The van der Waals surface area contributed by atoms with Gasteiger partial charge in [-0.1, -0.05) is 0 Å². The summed E-state index contributed by atoms with van der Waals surface area (Å²) >= 11 is 0. The molecule has 0 spiro atoms. The lowest BCUT2D eigenvalue weighted by Crippen LogP contribution is -0.576. The van der Waals surface area contributed by atoms with Gasteiger partial charge in [-0.2, -0.15) is 27.0 Å². The summed E-state index contributed by atoms with van der Waals surface area (Å²) in [5.74, 6) is 0. The highest BCUT2D eigenvalue weighted by Crippen LogP contribution is 0.649. The molecule has 0 aliphatic heterocycles.